The number of fused-ring (bicyclic) bond motifs is 4. The monoisotopic (exact) mass is 330 g/mol. The third kappa shape index (κ3) is 1.98. The summed E-state index contributed by atoms with van der Waals surface area (Å²) in [4.78, 5) is 2.25. The second-order valence-electron chi connectivity index (χ2n) is 5.96. The first-order chi connectivity index (χ1) is 8.01. The Labute approximate surface area is 124 Å². The average molecular weight is 330 g/mol. The van der Waals surface area contributed by atoms with Crippen molar-refractivity contribution in [1.29, 1.82) is 0 Å². The van der Waals surface area contributed by atoms with Crippen molar-refractivity contribution < 1.29 is 19.5 Å². The van der Waals surface area contributed by atoms with Crippen LogP contribution in [0.25, 0.3) is 0 Å². The number of likely N-dealkylation sites (tertiary alicyclic amines) is 1. The van der Waals surface area contributed by atoms with Crippen LogP contribution in [0.3, 0.4) is 0 Å². The topological polar surface area (TPSA) is 3.24 Å². The molecule has 2 bridgehead atoms. The summed E-state index contributed by atoms with van der Waals surface area (Å²) in [6.45, 7) is 8.02. The fourth-order valence-electron chi connectivity index (χ4n) is 3.61. The molecule has 1 aromatic rings. The molecule has 1 aliphatic carbocycles. The Morgan fingerprint density at radius 3 is 2.83 bits per heavy atom. The van der Waals surface area contributed by atoms with Crippen LogP contribution in [0.15, 0.2) is 12.1 Å². The first-order valence-corrected chi connectivity index (χ1v) is 6.54. The molecular weight excluding hydrogens is 309 g/mol. The van der Waals surface area contributed by atoms with E-state index >= 15 is 0 Å². The summed E-state index contributed by atoms with van der Waals surface area (Å²) < 4.78 is 0. The Morgan fingerprint density at radius 1 is 1.39 bits per heavy atom. The molecule has 100 valence electrons. The van der Waals surface area contributed by atoms with Gasteiger partial charge in [0.25, 0.3) is 0 Å². The van der Waals surface area contributed by atoms with Gasteiger partial charge >= 0.3 is 0 Å². The fourth-order valence-corrected chi connectivity index (χ4v) is 3.61. The maximum Gasteiger partial charge on any atom is 0.00829 e. The molecule has 0 saturated carbocycles. The molecule has 0 amide bonds. The van der Waals surface area contributed by atoms with Crippen LogP contribution < -0.4 is 0 Å². The van der Waals surface area contributed by atoms with Crippen LogP contribution in [0, 0.1) is 27.3 Å². The first kappa shape index (κ1) is 14.2. The molecule has 1 aromatic carbocycles. The van der Waals surface area contributed by atoms with Crippen molar-refractivity contribution in [3.63, 3.8) is 0 Å². The van der Waals surface area contributed by atoms with Crippen molar-refractivity contribution >= 4 is 0 Å². The molecule has 1 nitrogen and oxygen atoms in total. The van der Waals surface area contributed by atoms with Crippen LogP contribution in [-0.4, -0.2) is 17.5 Å². The van der Waals surface area contributed by atoms with Gasteiger partial charge in [-0.3, -0.25) is 0 Å². The molecule has 1 fully saturated rings. The van der Waals surface area contributed by atoms with Gasteiger partial charge in [-0.05, 0) is 43.5 Å². The van der Waals surface area contributed by atoms with E-state index < -0.39 is 0 Å². The molecule has 2 radical (unpaired) electrons. The second kappa shape index (κ2) is 4.72. The summed E-state index contributed by atoms with van der Waals surface area (Å²) in [6.07, 6.45) is 4.86. The predicted octanol–water partition coefficient (Wildman–Crippen LogP) is 3.18. The standard InChI is InChI=1S/C16H21N.Rh/c1-11-5-6-13-9-14-10-16(3,7-8-17(14)4)15(13)12(11)2;/h5-6,10,14H,4,7-9H2,1-3H3;/q-1;/t14?,16-;/m1./s1. The van der Waals surface area contributed by atoms with Crippen molar-refractivity contribution in [3.05, 3.63) is 47.9 Å². The van der Waals surface area contributed by atoms with Gasteiger partial charge in [0.2, 0.25) is 0 Å². The maximum absolute atomic E-state index is 4.16. The largest absolute Gasteiger partial charge is 0.328 e. The molecule has 1 saturated heterocycles. The molecule has 1 heterocycles. The smallest absolute Gasteiger partial charge is 0.00829 e. The first-order valence-electron chi connectivity index (χ1n) is 6.54. The predicted molar refractivity (Wildman–Crippen MR) is 71.7 cm³/mol. The SMILES string of the molecule is [CH2]N1CC[C@]2(C)[CH-]C1Cc1ccc(C)c(C)c12.[Rh]. The van der Waals surface area contributed by atoms with Crippen LogP contribution in [0.4, 0.5) is 0 Å². The van der Waals surface area contributed by atoms with E-state index in [1.807, 2.05) is 0 Å². The number of hydrogen-bond donors (Lipinski definition) is 0. The minimum Gasteiger partial charge on any atom is -0.328 e. The molecule has 1 aliphatic heterocycles. The van der Waals surface area contributed by atoms with Crippen LogP contribution in [0.5, 0.6) is 0 Å². The number of rotatable bonds is 0. The zero-order valence-electron chi connectivity index (χ0n) is 11.4. The van der Waals surface area contributed by atoms with E-state index in [4.69, 9.17) is 0 Å². The minimum atomic E-state index is 0. The summed E-state index contributed by atoms with van der Waals surface area (Å²) in [7, 11) is 4.16. The summed E-state index contributed by atoms with van der Waals surface area (Å²) in [5.41, 5.74) is 6.33. The van der Waals surface area contributed by atoms with E-state index in [0.29, 0.717) is 6.04 Å². The van der Waals surface area contributed by atoms with Gasteiger partial charge in [0.1, 0.15) is 0 Å². The fraction of sp³-hybridized carbons (Fsp3) is 0.500. The summed E-state index contributed by atoms with van der Waals surface area (Å²) in [5, 5.41) is 0. The van der Waals surface area contributed by atoms with Crippen LogP contribution in [0.1, 0.15) is 35.6 Å². The van der Waals surface area contributed by atoms with Gasteiger partial charge in [-0.15, -0.1) is 11.5 Å². The molecule has 1 unspecified atom stereocenters. The zero-order chi connectivity index (χ0) is 12.2. The number of piperidine rings is 1. The Kier molecular flexibility index (Phi) is 3.73. The van der Waals surface area contributed by atoms with Gasteiger partial charge in [0, 0.05) is 26.5 Å². The van der Waals surface area contributed by atoms with E-state index in [2.05, 4.69) is 51.3 Å². The molecular formula is C16H21NRh-. The third-order valence-corrected chi connectivity index (χ3v) is 4.77. The van der Waals surface area contributed by atoms with Gasteiger partial charge in [0.05, 0.1) is 0 Å². The zero-order valence-corrected chi connectivity index (χ0v) is 13.1. The van der Waals surface area contributed by atoms with E-state index in [1.165, 1.54) is 23.1 Å². The van der Waals surface area contributed by atoms with Crippen molar-refractivity contribution in [2.75, 3.05) is 6.54 Å². The number of hydrogen-bond acceptors (Lipinski definition) is 1. The van der Waals surface area contributed by atoms with Crippen molar-refractivity contribution in [2.24, 2.45) is 0 Å². The average Bonchev–Trinajstić information content (AvgIpc) is 2.29. The van der Waals surface area contributed by atoms with E-state index in [-0.39, 0.29) is 24.9 Å². The van der Waals surface area contributed by atoms with Crippen molar-refractivity contribution in [2.45, 2.75) is 45.1 Å². The molecule has 0 aromatic heterocycles. The Hall–Kier alpha value is -0.197. The third-order valence-electron chi connectivity index (χ3n) is 4.77. The van der Waals surface area contributed by atoms with Crippen LogP contribution >= 0.6 is 0 Å². The van der Waals surface area contributed by atoms with Gasteiger partial charge in [0.15, 0.2) is 0 Å². The quantitative estimate of drug-likeness (QED) is 0.522. The molecule has 0 N–H and O–H groups in total. The molecule has 2 atom stereocenters. The number of aryl methyl sites for hydroxylation is 1. The van der Waals surface area contributed by atoms with Gasteiger partial charge < -0.3 is 11.3 Å². The minimum absolute atomic E-state index is 0. The Balaban J connectivity index is 0.00000120. The van der Waals surface area contributed by atoms with Crippen molar-refractivity contribution in [1.82, 2.24) is 4.90 Å². The molecule has 3 rings (SSSR count). The molecule has 18 heavy (non-hydrogen) atoms. The van der Waals surface area contributed by atoms with Crippen molar-refractivity contribution in [3.8, 4) is 0 Å². The molecule has 2 heteroatoms. The van der Waals surface area contributed by atoms with Gasteiger partial charge in [-0.1, -0.05) is 31.0 Å². The summed E-state index contributed by atoms with van der Waals surface area (Å²) >= 11 is 0. The maximum atomic E-state index is 4.16. The summed E-state index contributed by atoms with van der Waals surface area (Å²) in [5.74, 6) is 0. The van der Waals surface area contributed by atoms with E-state index in [0.717, 1.165) is 13.0 Å². The molecule has 0 spiro atoms. The van der Waals surface area contributed by atoms with E-state index in [1.54, 1.807) is 5.56 Å². The number of nitrogens with zero attached hydrogens (tertiary/aromatic N) is 1. The molecule has 2 aliphatic rings. The Bertz CT molecular complexity index is 468. The van der Waals surface area contributed by atoms with Crippen LogP contribution in [-0.2, 0) is 31.3 Å². The Morgan fingerprint density at radius 2 is 2.11 bits per heavy atom. The number of benzene rings is 1. The normalized spacial score (nSPS) is 30.6. The van der Waals surface area contributed by atoms with Gasteiger partial charge in [-0.25, -0.2) is 0 Å². The summed E-state index contributed by atoms with van der Waals surface area (Å²) in [6, 6.07) is 5.13. The second-order valence-corrected chi connectivity index (χ2v) is 5.96. The van der Waals surface area contributed by atoms with Gasteiger partial charge in [-0.2, -0.15) is 0 Å². The van der Waals surface area contributed by atoms with Crippen LogP contribution in [0.2, 0.25) is 0 Å². The van der Waals surface area contributed by atoms with E-state index in [9.17, 15) is 0 Å².